The van der Waals surface area contributed by atoms with Gasteiger partial charge in [0.25, 0.3) is 0 Å². The van der Waals surface area contributed by atoms with Crippen molar-refractivity contribution in [3.8, 4) is 0 Å². The summed E-state index contributed by atoms with van der Waals surface area (Å²) in [6.07, 6.45) is 5.98. The van der Waals surface area contributed by atoms with E-state index in [0.717, 1.165) is 16.0 Å². The molecule has 0 aliphatic rings. The summed E-state index contributed by atoms with van der Waals surface area (Å²) in [4.78, 5) is 12.4. The second kappa shape index (κ2) is 7.00. The maximum atomic E-state index is 11.7. The van der Waals surface area contributed by atoms with Crippen LogP contribution < -0.4 is 0 Å². The number of benzene rings is 1. The van der Waals surface area contributed by atoms with Crippen molar-refractivity contribution in [3.05, 3.63) is 47.8 Å². The molecule has 0 bridgehead atoms. The molecular weight excluding hydrogens is 276 g/mol. The van der Waals surface area contributed by atoms with Gasteiger partial charge in [0.2, 0.25) is 0 Å². The topological polar surface area (TPSA) is 72.1 Å². The molecule has 20 heavy (non-hydrogen) atoms. The van der Waals surface area contributed by atoms with Crippen LogP contribution in [-0.4, -0.2) is 33.2 Å². The van der Waals surface area contributed by atoms with Gasteiger partial charge in [0, 0.05) is 34.6 Å². The zero-order valence-corrected chi connectivity index (χ0v) is 12.0. The number of nitrogens with zero attached hydrogens (tertiary/aromatic N) is 1. The highest BCUT2D eigenvalue weighted by Gasteiger charge is 2.06. The zero-order chi connectivity index (χ0) is 14.4. The van der Waals surface area contributed by atoms with Crippen LogP contribution in [0.4, 0.5) is 0 Å². The molecule has 1 N–H and O–H groups in total. The van der Waals surface area contributed by atoms with E-state index in [0.29, 0.717) is 13.0 Å². The van der Waals surface area contributed by atoms with Gasteiger partial charge in [-0.15, -0.1) is 0 Å². The highest BCUT2D eigenvalue weighted by molar-refractivity contribution is 7.84. The van der Waals surface area contributed by atoms with Crippen LogP contribution in [0.1, 0.15) is 11.1 Å². The summed E-state index contributed by atoms with van der Waals surface area (Å²) in [7, 11) is -0.997. The van der Waals surface area contributed by atoms with Crippen LogP contribution in [0.5, 0.6) is 0 Å². The molecule has 0 aliphatic heterocycles. The van der Waals surface area contributed by atoms with Crippen molar-refractivity contribution in [1.29, 1.82) is 0 Å². The summed E-state index contributed by atoms with van der Waals surface area (Å²) in [5.74, 6) is -0.265. The first-order valence-corrected chi connectivity index (χ1v) is 7.76. The third-order valence-corrected chi connectivity index (χ3v) is 3.75. The first-order valence-electron chi connectivity index (χ1n) is 6.21. The Morgan fingerprint density at radius 2 is 2.05 bits per heavy atom. The summed E-state index contributed by atoms with van der Waals surface area (Å²) >= 11 is 0. The monoisotopic (exact) mass is 292 g/mol. The van der Waals surface area contributed by atoms with Crippen LogP contribution in [-0.2, 0) is 33.2 Å². The van der Waals surface area contributed by atoms with Gasteiger partial charge in [0.15, 0.2) is 0 Å². The predicted octanol–water partition coefficient (Wildman–Crippen LogP) is 1.48. The lowest BCUT2D eigenvalue weighted by atomic mass is 10.1. The van der Waals surface area contributed by atoms with E-state index in [4.69, 9.17) is 4.74 Å². The molecular formula is C14H16N2O3S. The minimum atomic E-state index is -0.997. The van der Waals surface area contributed by atoms with Gasteiger partial charge in [-0.05, 0) is 23.3 Å². The molecule has 0 saturated carbocycles. The number of rotatable bonds is 6. The molecule has 1 aromatic heterocycles. The summed E-state index contributed by atoms with van der Waals surface area (Å²) in [6, 6.07) is 7.14. The smallest absolute Gasteiger partial charge is 0.310 e. The van der Waals surface area contributed by atoms with Crippen molar-refractivity contribution in [1.82, 2.24) is 10.2 Å². The molecule has 0 aliphatic carbocycles. The Morgan fingerprint density at radius 3 is 2.65 bits per heavy atom. The number of aromatic amines is 1. The first-order chi connectivity index (χ1) is 9.65. The number of hydrogen-bond acceptors (Lipinski definition) is 4. The van der Waals surface area contributed by atoms with Crippen molar-refractivity contribution >= 4 is 16.8 Å². The lowest BCUT2D eigenvalue weighted by molar-refractivity contribution is -0.142. The highest BCUT2D eigenvalue weighted by atomic mass is 32.2. The first kappa shape index (κ1) is 14.5. The van der Waals surface area contributed by atoms with E-state index < -0.39 is 10.8 Å². The fraction of sp³-hybridized carbons (Fsp3) is 0.286. The highest BCUT2D eigenvalue weighted by Crippen LogP contribution is 2.09. The number of H-pyrrole nitrogens is 1. The summed E-state index contributed by atoms with van der Waals surface area (Å²) in [5.41, 5.74) is 1.86. The summed E-state index contributed by atoms with van der Waals surface area (Å²) in [5, 5.41) is 6.53. The van der Waals surface area contributed by atoms with Crippen LogP contribution in [0, 0.1) is 0 Å². The molecule has 0 radical (unpaired) electrons. The van der Waals surface area contributed by atoms with Gasteiger partial charge in [-0.1, -0.05) is 12.1 Å². The molecule has 2 aromatic rings. The van der Waals surface area contributed by atoms with Gasteiger partial charge in [0.1, 0.15) is 0 Å². The van der Waals surface area contributed by atoms with Crippen molar-refractivity contribution in [2.75, 3.05) is 12.9 Å². The van der Waals surface area contributed by atoms with E-state index in [2.05, 4.69) is 10.2 Å². The second-order valence-corrected chi connectivity index (χ2v) is 5.73. The number of aromatic nitrogens is 2. The average molecular weight is 292 g/mol. The Hall–Kier alpha value is -1.95. The minimum Gasteiger partial charge on any atom is -0.465 e. The number of ether oxygens (including phenoxy) is 1. The van der Waals surface area contributed by atoms with Crippen LogP contribution in [0.2, 0.25) is 0 Å². The molecule has 5 nitrogen and oxygen atoms in total. The van der Waals surface area contributed by atoms with Crippen molar-refractivity contribution in [2.45, 2.75) is 17.7 Å². The van der Waals surface area contributed by atoms with Crippen molar-refractivity contribution in [3.63, 3.8) is 0 Å². The number of nitrogens with one attached hydrogen (secondary N) is 1. The van der Waals surface area contributed by atoms with Crippen molar-refractivity contribution < 1.29 is 13.7 Å². The number of carbonyl (C=O) groups excluding carboxylic acids is 1. The molecule has 2 rings (SSSR count). The Morgan fingerprint density at radius 1 is 1.30 bits per heavy atom. The summed E-state index contributed by atoms with van der Waals surface area (Å²) < 4.78 is 16.4. The number of carbonyl (C=O) groups is 1. The Balaban J connectivity index is 1.77. The van der Waals surface area contributed by atoms with Crippen LogP contribution in [0.15, 0.2) is 41.6 Å². The largest absolute Gasteiger partial charge is 0.465 e. The Bertz CT molecular complexity index is 579. The molecule has 1 atom stereocenters. The van der Waals surface area contributed by atoms with Gasteiger partial charge >= 0.3 is 5.97 Å². The van der Waals surface area contributed by atoms with E-state index in [1.54, 1.807) is 42.9 Å². The molecule has 1 heterocycles. The van der Waals surface area contributed by atoms with Gasteiger partial charge < -0.3 is 4.74 Å². The van der Waals surface area contributed by atoms with Crippen LogP contribution >= 0.6 is 0 Å². The quantitative estimate of drug-likeness (QED) is 0.819. The maximum absolute atomic E-state index is 11.7. The standard InChI is InChI=1S/C14H16N2O3S/c1-20(18)13-4-2-11(3-5-13)8-14(17)19-7-6-12-9-15-16-10-12/h2-5,9-10H,6-8H2,1H3,(H,15,16). The van der Waals surface area contributed by atoms with E-state index in [9.17, 15) is 9.00 Å². The SMILES string of the molecule is CS(=O)c1ccc(CC(=O)OCCc2cn[nH]c2)cc1. The minimum absolute atomic E-state index is 0.224. The van der Waals surface area contributed by atoms with Gasteiger partial charge in [-0.25, -0.2) is 0 Å². The lowest BCUT2D eigenvalue weighted by Crippen LogP contribution is -2.10. The summed E-state index contributed by atoms with van der Waals surface area (Å²) in [6.45, 7) is 0.343. The van der Waals surface area contributed by atoms with E-state index >= 15 is 0 Å². The van der Waals surface area contributed by atoms with Crippen LogP contribution in [0.3, 0.4) is 0 Å². The molecule has 0 amide bonds. The predicted molar refractivity (Wildman–Crippen MR) is 75.7 cm³/mol. The molecule has 6 heteroatoms. The Labute approximate surface area is 119 Å². The van der Waals surface area contributed by atoms with Crippen LogP contribution in [0.25, 0.3) is 0 Å². The van der Waals surface area contributed by atoms with Gasteiger partial charge in [-0.3, -0.25) is 14.1 Å². The van der Waals surface area contributed by atoms with Crippen molar-refractivity contribution in [2.24, 2.45) is 0 Å². The van der Waals surface area contributed by atoms with Gasteiger partial charge in [0.05, 0.1) is 19.2 Å². The fourth-order valence-electron chi connectivity index (χ4n) is 1.71. The van der Waals surface area contributed by atoms with E-state index in [1.807, 2.05) is 0 Å². The molecule has 1 unspecified atom stereocenters. The second-order valence-electron chi connectivity index (χ2n) is 4.35. The molecule has 1 aromatic carbocycles. The zero-order valence-electron chi connectivity index (χ0n) is 11.2. The normalized spacial score (nSPS) is 12.1. The third kappa shape index (κ3) is 4.31. The molecule has 0 spiro atoms. The third-order valence-electron chi connectivity index (χ3n) is 2.81. The number of esters is 1. The molecule has 0 fully saturated rings. The number of hydrogen-bond donors (Lipinski definition) is 1. The molecule has 106 valence electrons. The van der Waals surface area contributed by atoms with Gasteiger partial charge in [-0.2, -0.15) is 5.10 Å². The maximum Gasteiger partial charge on any atom is 0.310 e. The molecule has 0 saturated heterocycles. The Kier molecular flexibility index (Phi) is 5.06. The lowest BCUT2D eigenvalue weighted by Gasteiger charge is -2.04. The van der Waals surface area contributed by atoms with E-state index in [1.165, 1.54) is 0 Å². The van der Waals surface area contributed by atoms with E-state index in [-0.39, 0.29) is 12.4 Å². The average Bonchev–Trinajstić information content (AvgIpc) is 2.92. The fourth-order valence-corrected chi connectivity index (χ4v) is 2.23.